The zero-order valence-electron chi connectivity index (χ0n) is 17.7. The van der Waals surface area contributed by atoms with E-state index in [0.29, 0.717) is 11.8 Å². The highest BCUT2D eigenvalue weighted by Gasteiger charge is 2.34. The molecule has 0 heterocycles. The van der Waals surface area contributed by atoms with Crippen LogP contribution in [0.25, 0.3) is 10.8 Å². The standard InChI is InChI=1S/C23H33NO4S/c1-4-5-6-7-8-9-10-16-22(23(25)26)29(27,28)21-17-12-13-18-19(21)14-11-15-20(18)24(2)3/h11-15,17,22H,4-10,16H2,1-3H3,(H,25,26). The van der Waals surface area contributed by atoms with Crippen LogP contribution in [-0.2, 0) is 14.6 Å². The van der Waals surface area contributed by atoms with Gasteiger partial charge in [0.1, 0.15) is 0 Å². The van der Waals surface area contributed by atoms with Gasteiger partial charge < -0.3 is 10.0 Å². The number of aliphatic carboxylic acids is 1. The Labute approximate surface area is 174 Å². The minimum atomic E-state index is -3.99. The quantitative estimate of drug-likeness (QED) is 0.474. The number of fused-ring (bicyclic) bond motifs is 1. The summed E-state index contributed by atoms with van der Waals surface area (Å²) in [5.41, 5.74) is 0.901. The third kappa shape index (κ3) is 5.72. The second-order valence-electron chi connectivity index (χ2n) is 7.80. The highest BCUT2D eigenvalue weighted by Crippen LogP contribution is 2.32. The van der Waals surface area contributed by atoms with E-state index in [2.05, 4.69) is 6.92 Å². The van der Waals surface area contributed by atoms with Crippen LogP contribution in [0.2, 0.25) is 0 Å². The SMILES string of the molecule is CCCCCCCCCC(C(=O)O)S(=O)(=O)c1cccc2c(N(C)C)cccc12. The summed E-state index contributed by atoms with van der Waals surface area (Å²) in [5.74, 6) is -1.27. The van der Waals surface area contributed by atoms with Gasteiger partial charge in [0.15, 0.2) is 15.1 Å². The van der Waals surface area contributed by atoms with Crippen LogP contribution in [0.3, 0.4) is 0 Å². The Morgan fingerprint density at radius 3 is 2.14 bits per heavy atom. The molecular formula is C23H33NO4S. The van der Waals surface area contributed by atoms with Crippen molar-refractivity contribution >= 4 is 32.3 Å². The second-order valence-corrected chi connectivity index (χ2v) is 9.90. The van der Waals surface area contributed by atoms with Gasteiger partial charge in [-0.15, -0.1) is 0 Å². The number of nitrogens with zero attached hydrogens (tertiary/aromatic N) is 1. The average molecular weight is 420 g/mol. The Hall–Kier alpha value is -2.08. The number of sulfone groups is 1. The number of carbonyl (C=O) groups is 1. The minimum Gasteiger partial charge on any atom is -0.480 e. The zero-order chi connectivity index (χ0) is 21.4. The van der Waals surface area contributed by atoms with Crippen LogP contribution < -0.4 is 4.90 Å². The Morgan fingerprint density at radius 1 is 0.931 bits per heavy atom. The highest BCUT2D eigenvalue weighted by molar-refractivity contribution is 7.93. The molecule has 0 aliphatic carbocycles. The maximum absolute atomic E-state index is 13.3. The van der Waals surface area contributed by atoms with Crippen molar-refractivity contribution in [3.05, 3.63) is 36.4 Å². The molecule has 0 aliphatic heterocycles. The molecule has 160 valence electrons. The first-order chi connectivity index (χ1) is 13.8. The van der Waals surface area contributed by atoms with Gasteiger partial charge in [-0.25, -0.2) is 8.42 Å². The molecule has 2 aromatic carbocycles. The van der Waals surface area contributed by atoms with E-state index in [4.69, 9.17) is 0 Å². The zero-order valence-corrected chi connectivity index (χ0v) is 18.5. The van der Waals surface area contributed by atoms with Crippen molar-refractivity contribution in [2.75, 3.05) is 19.0 Å². The third-order valence-electron chi connectivity index (χ3n) is 5.37. The number of anilines is 1. The summed E-state index contributed by atoms with van der Waals surface area (Å²) in [6.45, 7) is 2.16. The monoisotopic (exact) mass is 419 g/mol. The van der Waals surface area contributed by atoms with E-state index in [1.807, 2.05) is 37.2 Å². The molecule has 0 bridgehead atoms. The van der Waals surface area contributed by atoms with Gasteiger partial charge in [0.25, 0.3) is 0 Å². The topological polar surface area (TPSA) is 74.7 Å². The molecule has 1 unspecified atom stereocenters. The van der Waals surface area contributed by atoms with Gasteiger partial charge in [-0.1, -0.05) is 76.1 Å². The van der Waals surface area contributed by atoms with Gasteiger partial charge in [-0.2, -0.15) is 0 Å². The molecule has 6 heteroatoms. The summed E-state index contributed by atoms with van der Waals surface area (Å²) in [6.07, 6.45) is 7.33. The van der Waals surface area contributed by atoms with Gasteiger partial charge in [0.05, 0.1) is 4.90 Å². The van der Waals surface area contributed by atoms with Crippen molar-refractivity contribution in [2.24, 2.45) is 0 Å². The lowest BCUT2D eigenvalue weighted by molar-refractivity contribution is -0.136. The van der Waals surface area contributed by atoms with E-state index in [-0.39, 0.29) is 11.3 Å². The highest BCUT2D eigenvalue weighted by atomic mass is 32.2. The van der Waals surface area contributed by atoms with Crippen molar-refractivity contribution in [3.8, 4) is 0 Å². The molecule has 1 atom stereocenters. The predicted octanol–water partition coefficient (Wildman–Crippen LogP) is 5.27. The summed E-state index contributed by atoms with van der Waals surface area (Å²) in [7, 11) is -0.190. The number of benzene rings is 2. The van der Waals surface area contributed by atoms with Crippen LogP contribution in [0.15, 0.2) is 41.3 Å². The van der Waals surface area contributed by atoms with Gasteiger partial charge in [-0.3, -0.25) is 4.79 Å². The first kappa shape index (κ1) is 23.2. The number of rotatable bonds is 12. The van der Waals surface area contributed by atoms with Crippen molar-refractivity contribution in [3.63, 3.8) is 0 Å². The van der Waals surface area contributed by atoms with Crippen LogP contribution in [-0.4, -0.2) is 38.8 Å². The van der Waals surface area contributed by atoms with Crippen molar-refractivity contribution in [1.29, 1.82) is 0 Å². The molecule has 0 fully saturated rings. The smallest absolute Gasteiger partial charge is 0.322 e. The van der Waals surface area contributed by atoms with Gasteiger partial charge in [0, 0.05) is 30.6 Å². The first-order valence-corrected chi connectivity index (χ1v) is 12.0. The summed E-state index contributed by atoms with van der Waals surface area (Å²) in [4.78, 5) is 13.9. The Kier molecular flexibility index (Phi) is 8.50. The molecule has 2 aromatic rings. The maximum Gasteiger partial charge on any atom is 0.322 e. The fourth-order valence-electron chi connectivity index (χ4n) is 3.75. The van der Waals surface area contributed by atoms with Gasteiger partial charge >= 0.3 is 5.97 Å². The van der Waals surface area contributed by atoms with E-state index in [1.54, 1.807) is 12.1 Å². The lowest BCUT2D eigenvalue weighted by Crippen LogP contribution is -2.30. The molecule has 0 radical (unpaired) electrons. The molecule has 0 amide bonds. The number of hydrogen-bond acceptors (Lipinski definition) is 4. The summed E-state index contributed by atoms with van der Waals surface area (Å²) in [6, 6.07) is 10.6. The first-order valence-electron chi connectivity index (χ1n) is 10.5. The maximum atomic E-state index is 13.3. The number of carboxylic acid groups (broad SMARTS) is 1. The molecule has 29 heavy (non-hydrogen) atoms. The Balaban J connectivity index is 2.24. The summed E-state index contributed by atoms with van der Waals surface area (Å²) < 4.78 is 26.6. The van der Waals surface area contributed by atoms with Crippen LogP contribution in [0.1, 0.15) is 58.3 Å². The largest absolute Gasteiger partial charge is 0.480 e. The molecule has 0 saturated heterocycles. The number of unbranched alkanes of at least 4 members (excludes halogenated alkanes) is 6. The van der Waals surface area contributed by atoms with E-state index >= 15 is 0 Å². The fraction of sp³-hybridized carbons (Fsp3) is 0.522. The van der Waals surface area contributed by atoms with Crippen molar-refractivity contribution in [2.45, 2.75) is 68.4 Å². The van der Waals surface area contributed by atoms with Crippen LogP contribution in [0.5, 0.6) is 0 Å². The molecule has 1 N–H and O–H groups in total. The van der Waals surface area contributed by atoms with Gasteiger partial charge in [-0.05, 0) is 18.6 Å². The Bertz CT molecular complexity index is 922. The summed E-state index contributed by atoms with van der Waals surface area (Å²) >= 11 is 0. The normalized spacial score (nSPS) is 12.8. The molecule has 0 saturated carbocycles. The van der Waals surface area contributed by atoms with E-state index in [0.717, 1.165) is 30.3 Å². The molecular weight excluding hydrogens is 386 g/mol. The average Bonchev–Trinajstić information content (AvgIpc) is 2.68. The van der Waals surface area contributed by atoms with Crippen molar-refractivity contribution < 1.29 is 18.3 Å². The third-order valence-corrected chi connectivity index (χ3v) is 7.52. The minimum absolute atomic E-state index is 0.106. The van der Waals surface area contributed by atoms with Crippen molar-refractivity contribution in [1.82, 2.24) is 0 Å². The molecule has 0 spiro atoms. The predicted molar refractivity (Wildman–Crippen MR) is 119 cm³/mol. The lowest BCUT2D eigenvalue weighted by Gasteiger charge is -2.19. The molecule has 0 aromatic heterocycles. The van der Waals surface area contributed by atoms with Crippen LogP contribution >= 0.6 is 0 Å². The molecule has 2 rings (SSSR count). The van der Waals surface area contributed by atoms with Crippen LogP contribution in [0, 0.1) is 0 Å². The van der Waals surface area contributed by atoms with E-state index < -0.39 is 21.1 Å². The molecule has 5 nitrogen and oxygen atoms in total. The van der Waals surface area contributed by atoms with Crippen LogP contribution in [0.4, 0.5) is 5.69 Å². The van der Waals surface area contributed by atoms with E-state index in [1.165, 1.54) is 25.3 Å². The van der Waals surface area contributed by atoms with Gasteiger partial charge in [0.2, 0.25) is 0 Å². The molecule has 0 aliphatic rings. The number of hydrogen-bond donors (Lipinski definition) is 1. The lowest BCUT2D eigenvalue weighted by atomic mass is 10.1. The number of carboxylic acids is 1. The fourth-order valence-corrected chi connectivity index (χ4v) is 5.56. The Morgan fingerprint density at radius 2 is 1.52 bits per heavy atom. The summed E-state index contributed by atoms with van der Waals surface area (Å²) in [5, 5.41) is 9.64. The van der Waals surface area contributed by atoms with E-state index in [9.17, 15) is 18.3 Å². The second kappa shape index (κ2) is 10.6.